The van der Waals surface area contributed by atoms with Gasteiger partial charge in [-0.15, -0.1) is 0 Å². The Labute approximate surface area is 102 Å². The Kier molecular flexibility index (Phi) is 4.61. The molecule has 106 valence electrons. The smallest absolute Gasteiger partial charge is 0.364 e. The maximum absolute atomic E-state index is 10.8. The van der Waals surface area contributed by atoms with E-state index in [2.05, 4.69) is 0 Å². The molecule has 0 aromatic carbocycles. The van der Waals surface area contributed by atoms with Crippen molar-refractivity contribution in [2.45, 2.75) is 42.7 Å². The van der Waals surface area contributed by atoms with E-state index in [4.69, 9.17) is 20.7 Å². The van der Waals surface area contributed by atoms with E-state index < -0.39 is 55.2 Å². The largest absolute Gasteiger partial charge is 0.477 e. The van der Waals surface area contributed by atoms with E-state index in [1.807, 2.05) is 0 Å². The van der Waals surface area contributed by atoms with Gasteiger partial charge in [0.15, 0.2) is 0 Å². The van der Waals surface area contributed by atoms with E-state index in [0.29, 0.717) is 0 Å². The van der Waals surface area contributed by atoms with Gasteiger partial charge >= 0.3 is 5.97 Å². The number of ether oxygens (including phenoxy) is 1. The number of aliphatic carboxylic acids is 1. The Bertz CT molecular complexity index is 313. The first kappa shape index (κ1) is 15.2. The van der Waals surface area contributed by atoms with Gasteiger partial charge in [-0.05, 0) is 0 Å². The Morgan fingerprint density at radius 1 is 1.50 bits per heavy atom. The monoisotopic (exact) mass is 267 g/mol. The second kappa shape index (κ2) is 5.45. The van der Waals surface area contributed by atoms with Gasteiger partial charge < -0.3 is 41.1 Å². The lowest BCUT2D eigenvalue weighted by molar-refractivity contribution is -0.292. The van der Waals surface area contributed by atoms with Crippen molar-refractivity contribution < 1.29 is 40.2 Å². The fraction of sp³-hybridized carbons (Fsp3) is 0.889. The highest BCUT2D eigenvalue weighted by molar-refractivity contribution is 5.75. The fourth-order valence-electron chi connectivity index (χ4n) is 1.75. The number of nitrogens with two attached hydrogens (primary N) is 1. The highest BCUT2D eigenvalue weighted by Gasteiger charge is 2.52. The summed E-state index contributed by atoms with van der Waals surface area (Å²) in [5, 5.41) is 55.5. The summed E-state index contributed by atoms with van der Waals surface area (Å²) < 4.78 is 4.75. The molecule has 3 unspecified atom stereocenters. The van der Waals surface area contributed by atoms with Crippen molar-refractivity contribution >= 4 is 5.97 Å². The van der Waals surface area contributed by atoms with Gasteiger partial charge in [-0.3, -0.25) is 0 Å². The molecule has 0 aliphatic carbocycles. The van der Waals surface area contributed by atoms with Gasteiger partial charge in [-0.25, -0.2) is 4.79 Å². The van der Waals surface area contributed by atoms with Gasteiger partial charge in [-0.1, -0.05) is 0 Å². The van der Waals surface area contributed by atoms with Crippen LogP contribution in [0, 0.1) is 0 Å². The average molecular weight is 267 g/mol. The molecule has 1 fully saturated rings. The lowest BCUT2D eigenvalue weighted by atomic mass is 9.89. The standard InChI is InChI=1S/C9H17NO8/c10-5-3(12)1-9(17,8(15)16)18-7(5)6(14)4(13)2-11/h3-7,11-14,17H,1-2,10H2,(H,15,16)/t3-,4?,5+,6?,7+,9?/m0/s1. The summed E-state index contributed by atoms with van der Waals surface area (Å²) >= 11 is 0. The van der Waals surface area contributed by atoms with E-state index >= 15 is 0 Å². The average Bonchev–Trinajstić information content (AvgIpc) is 2.31. The zero-order valence-corrected chi connectivity index (χ0v) is 9.38. The third kappa shape index (κ3) is 2.78. The molecule has 0 aromatic heterocycles. The Morgan fingerprint density at radius 2 is 2.06 bits per heavy atom. The summed E-state index contributed by atoms with van der Waals surface area (Å²) in [6.07, 6.45) is -7.01. The Morgan fingerprint density at radius 3 is 2.50 bits per heavy atom. The number of carbonyl (C=O) groups is 1. The van der Waals surface area contributed by atoms with E-state index in [1.165, 1.54) is 0 Å². The van der Waals surface area contributed by atoms with Gasteiger partial charge in [0.1, 0.15) is 18.3 Å². The minimum Gasteiger partial charge on any atom is -0.477 e. The minimum absolute atomic E-state index is 0.665. The van der Waals surface area contributed by atoms with E-state index in [1.54, 1.807) is 0 Å². The molecule has 1 heterocycles. The van der Waals surface area contributed by atoms with Crippen LogP contribution in [0.5, 0.6) is 0 Å². The molecule has 0 saturated carbocycles. The molecular formula is C9H17NO8. The highest BCUT2D eigenvalue weighted by atomic mass is 16.7. The third-order valence-corrected chi connectivity index (χ3v) is 2.89. The summed E-state index contributed by atoms with van der Waals surface area (Å²) in [5.74, 6) is -4.44. The number of aliphatic hydroxyl groups is 5. The van der Waals surface area contributed by atoms with Crippen LogP contribution in [0.1, 0.15) is 6.42 Å². The molecule has 18 heavy (non-hydrogen) atoms. The van der Waals surface area contributed by atoms with Crippen LogP contribution < -0.4 is 5.73 Å². The van der Waals surface area contributed by atoms with E-state index in [0.717, 1.165) is 0 Å². The fourth-order valence-corrected chi connectivity index (χ4v) is 1.75. The van der Waals surface area contributed by atoms with Crippen LogP contribution in [0.2, 0.25) is 0 Å². The topological polar surface area (TPSA) is 174 Å². The van der Waals surface area contributed by atoms with Gasteiger partial charge in [0.2, 0.25) is 0 Å². The SMILES string of the molecule is N[C@@H]1[C@@H](O)CC(O)(C(=O)O)O[C@H]1C(O)C(O)CO. The molecule has 9 heteroatoms. The second-order valence-corrected chi connectivity index (χ2v) is 4.26. The van der Waals surface area contributed by atoms with Gasteiger partial charge in [0.05, 0.1) is 18.8 Å². The minimum atomic E-state index is -2.70. The molecule has 1 aliphatic heterocycles. The molecule has 1 saturated heterocycles. The molecule has 6 atom stereocenters. The molecule has 9 nitrogen and oxygen atoms in total. The number of carboxylic acid groups (broad SMARTS) is 1. The molecule has 0 bridgehead atoms. The normalized spacial score (nSPS) is 40.2. The van der Waals surface area contributed by atoms with E-state index in [-0.39, 0.29) is 0 Å². The summed E-state index contributed by atoms with van der Waals surface area (Å²) in [5.41, 5.74) is 5.51. The maximum Gasteiger partial charge on any atom is 0.364 e. The van der Waals surface area contributed by atoms with Crippen LogP contribution >= 0.6 is 0 Å². The number of hydrogen-bond donors (Lipinski definition) is 7. The number of aliphatic hydroxyl groups excluding tert-OH is 4. The predicted octanol–water partition coefficient (Wildman–Crippen LogP) is -4.05. The van der Waals surface area contributed by atoms with Crippen LogP contribution in [0.4, 0.5) is 0 Å². The number of hydrogen-bond acceptors (Lipinski definition) is 8. The van der Waals surface area contributed by atoms with E-state index in [9.17, 15) is 25.2 Å². The first-order chi connectivity index (χ1) is 8.23. The van der Waals surface area contributed by atoms with Crippen LogP contribution in [0.3, 0.4) is 0 Å². The second-order valence-electron chi connectivity index (χ2n) is 4.26. The highest BCUT2D eigenvalue weighted by Crippen LogP contribution is 2.29. The third-order valence-electron chi connectivity index (χ3n) is 2.89. The van der Waals surface area contributed by atoms with Crippen molar-refractivity contribution in [2.24, 2.45) is 5.73 Å². The molecule has 0 spiro atoms. The number of carboxylic acids is 1. The Hall–Kier alpha value is -0.810. The summed E-state index contributed by atoms with van der Waals surface area (Å²) in [6.45, 7) is -0.810. The zero-order chi connectivity index (χ0) is 14.1. The van der Waals surface area contributed by atoms with Crippen LogP contribution in [0.15, 0.2) is 0 Å². The molecule has 0 amide bonds. The van der Waals surface area contributed by atoms with Crippen molar-refractivity contribution in [1.29, 1.82) is 0 Å². The predicted molar refractivity (Wildman–Crippen MR) is 55.2 cm³/mol. The molecule has 0 radical (unpaired) electrons. The lowest BCUT2D eigenvalue weighted by Gasteiger charge is -2.43. The summed E-state index contributed by atoms with van der Waals surface area (Å²) in [6, 6.07) is -1.21. The molecule has 8 N–H and O–H groups in total. The van der Waals surface area contributed by atoms with Gasteiger partial charge in [-0.2, -0.15) is 0 Å². The van der Waals surface area contributed by atoms with Gasteiger partial charge in [0, 0.05) is 6.42 Å². The number of rotatable bonds is 4. The van der Waals surface area contributed by atoms with Crippen LogP contribution in [-0.2, 0) is 9.53 Å². The Balaban J connectivity index is 2.92. The zero-order valence-electron chi connectivity index (χ0n) is 9.38. The van der Waals surface area contributed by atoms with Crippen molar-refractivity contribution in [3.8, 4) is 0 Å². The maximum atomic E-state index is 10.8. The molecule has 1 rings (SSSR count). The molecule has 1 aliphatic rings. The van der Waals surface area contributed by atoms with Crippen molar-refractivity contribution in [3.63, 3.8) is 0 Å². The lowest BCUT2D eigenvalue weighted by Crippen LogP contribution is -2.65. The first-order valence-electron chi connectivity index (χ1n) is 5.27. The molecule has 0 aromatic rings. The van der Waals surface area contributed by atoms with Crippen LogP contribution in [0.25, 0.3) is 0 Å². The molecular weight excluding hydrogens is 250 g/mol. The first-order valence-corrected chi connectivity index (χ1v) is 5.27. The van der Waals surface area contributed by atoms with Crippen molar-refractivity contribution in [2.75, 3.05) is 6.61 Å². The van der Waals surface area contributed by atoms with Crippen LogP contribution in [-0.4, -0.2) is 79.5 Å². The van der Waals surface area contributed by atoms with Crippen molar-refractivity contribution in [1.82, 2.24) is 0 Å². The van der Waals surface area contributed by atoms with Gasteiger partial charge in [0.25, 0.3) is 5.79 Å². The quantitative estimate of drug-likeness (QED) is 0.267. The summed E-state index contributed by atoms with van der Waals surface area (Å²) in [4.78, 5) is 10.8. The van der Waals surface area contributed by atoms with Crippen molar-refractivity contribution in [3.05, 3.63) is 0 Å². The summed E-state index contributed by atoms with van der Waals surface area (Å²) in [7, 11) is 0.